The van der Waals surface area contributed by atoms with Crippen LogP contribution in [0, 0.1) is 5.92 Å². The van der Waals surface area contributed by atoms with E-state index in [0.717, 1.165) is 28.1 Å². The van der Waals surface area contributed by atoms with E-state index in [1.807, 2.05) is 31.3 Å². The maximum Gasteiger partial charge on any atom is 0.0576 e. The van der Waals surface area contributed by atoms with Crippen LogP contribution in [0.1, 0.15) is 32.6 Å². The molecule has 0 aromatic heterocycles. The molecule has 1 N–H and O–H groups in total. The summed E-state index contributed by atoms with van der Waals surface area (Å²) >= 11 is 3.43. The predicted octanol–water partition coefficient (Wildman–Crippen LogP) is 3.72. The van der Waals surface area contributed by atoms with Crippen molar-refractivity contribution in [2.75, 3.05) is 7.05 Å². The van der Waals surface area contributed by atoms with E-state index in [-0.39, 0.29) is 5.25 Å². The third kappa shape index (κ3) is 3.67. The van der Waals surface area contributed by atoms with Gasteiger partial charge in [-0.15, -0.1) is 0 Å². The average Bonchev–Trinajstić information content (AvgIpc) is 2.46. The minimum Gasteiger partial charge on any atom is -0.316 e. The van der Waals surface area contributed by atoms with E-state index in [4.69, 9.17) is 0 Å². The van der Waals surface area contributed by atoms with Gasteiger partial charge in [0, 0.05) is 15.4 Å². The Bertz CT molecular complexity index is 434. The van der Waals surface area contributed by atoms with Gasteiger partial charge >= 0.3 is 0 Å². The molecule has 4 unspecified atom stereocenters. The van der Waals surface area contributed by atoms with Crippen molar-refractivity contribution >= 4 is 26.7 Å². The summed E-state index contributed by atoms with van der Waals surface area (Å²) in [6.45, 7) is 2.24. The minimum absolute atomic E-state index is 0.241. The fourth-order valence-corrected chi connectivity index (χ4v) is 4.93. The second-order valence-electron chi connectivity index (χ2n) is 5.27. The number of hydrogen-bond donors (Lipinski definition) is 1. The van der Waals surface area contributed by atoms with Gasteiger partial charge in [0.1, 0.15) is 0 Å². The van der Waals surface area contributed by atoms with Crippen LogP contribution in [0.25, 0.3) is 0 Å². The molecule has 0 spiro atoms. The Balaban J connectivity index is 2.16. The molecule has 0 bridgehead atoms. The van der Waals surface area contributed by atoms with Crippen LogP contribution in [0.2, 0.25) is 0 Å². The van der Waals surface area contributed by atoms with Crippen LogP contribution in [0.5, 0.6) is 0 Å². The standard InChI is InChI=1S/C15H22BrNOS/c1-3-11-4-9-14(17-2)15(10-11)19(18)13-7-5-12(16)6-8-13/h5-8,11,14-15,17H,3-4,9-10H2,1-2H3. The van der Waals surface area contributed by atoms with Gasteiger partial charge in [-0.1, -0.05) is 29.3 Å². The number of rotatable bonds is 4. The molecule has 1 aromatic rings. The zero-order chi connectivity index (χ0) is 13.8. The lowest BCUT2D eigenvalue weighted by Gasteiger charge is -2.35. The fourth-order valence-electron chi connectivity index (χ4n) is 2.89. The quantitative estimate of drug-likeness (QED) is 0.902. The van der Waals surface area contributed by atoms with Crippen LogP contribution >= 0.6 is 15.9 Å². The Morgan fingerprint density at radius 2 is 2.00 bits per heavy atom. The van der Waals surface area contributed by atoms with E-state index in [2.05, 4.69) is 28.2 Å². The van der Waals surface area contributed by atoms with Crippen molar-refractivity contribution in [3.63, 3.8) is 0 Å². The van der Waals surface area contributed by atoms with Gasteiger partial charge in [-0.3, -0.25) is 4.21 Å². The molecule has 1 aliphatic rings. The van der Waals surface area contributed by atoms with Crippen molar-refractivity contribution in [2.45, 2.75) is 48.8 Å². The number of hydrogen-bond acceptors (Lipinski definition) is 2. The first-order valence-electron chi connectivity index (χ1n) is 6.99. The summed E-state index contributed by atoms with van der Waals surface area (Å²) in [5.41, 5.74) is 0. The lowest BCUT2D eigenvalue weighted by Crippen LogP contribution is -2.44. The van der Waals surface area contributed by atoms with Crippen LogP contribution in [-0.4, -0.2) is 22.5 Å². The highest BCUT2D eigenvalue weighted by Gasteiger charge is 2.33. The highest BCUT2D eigenvalue weighted by Crippen LogP contribution is 2.32. The summed E-state index contributed by atoms with van der Waals surface area (Å²) in [5, 5.41) is 3.60. The second-order valence-corrected chi connectivity index (χ2v) is 7.86. The molecule has 0 aliphatic heterocycles. The predicted molar refractivity (Wildman–Crippen MR) is 84.8 cm³/mol. The fraction of sp³-hybridized carbons (Fsp3) is 0.600. The van der Waals surface area contributed by atoms with Gasteiger partial charge in [-0.2, -0.15) is 0 Å². The molecule has 1 saturated carbocycles. The summed E-state index contributed by atoms with van der Waals surface area (Å²) in [6.07, 6.45) is 4.67. The lowest BCUT2D eigenvalue weighted by atomic mass is 9.84. The van der Waals surface area contributed by atoms with E-state index in [9.17, 15) is 4.21 Å². The summed E-state index contributed by atoms with van der Waals surface area (Å²) in [5.74, 6) is 0.731. The van der Waals surface area contributed by atoms with Crippen molar-refractivity contribution in [1.82, 2.24) is 5.32 Å². The Hall–Kier alpha value is -0.190. The van der Waals surface area contributed by atoms with Crippen LogP contribution in [0.4, 0.5) is 0 Å². The normalized spacial score (nSPS) is 29.1. The van der Waals surface area contributed by atoms with Crippen LogP contribution in [-0.2, 0) is 10.8 Å². The summed E-state index contributed by atoms with van der Waals surface area (Å²) < 4.78 is 13.8. The zero-order valence-corrected chi connectivity index (χ0v) is 14.0. The SMILES string of the molecule is CCC1CCC(NC)C(S(=O)c2ccc(Br)cc2)C1. The molecule has 1 fully saturated rings. The molecule has 2 nitrogen and oxygen atoms in total. The van der Waals surface area contributed by atoms with Gasteiger partial charge in [0.2, 0.25) is 0 Å². The molecule has 4 heteroatoms. The van der Waals surface area contributed by atoms with Gasteiger partial charge < -0.3 is 5.32 Å². The lowest BCUT2D eigenvalue weighted by molar-refractivity contribution is 0.301. The van der Waals surface area contributed by atoms with Gasteiger partial charge in [-0.25, -0.2) is 0 Å². The van der Waals surface area contributed by atoms with E-state index >= 15 is 0 Å². The monoisotopic (exact) mass is 343 g/mol. The topological polar surface area (TPSA) is 29.1 Å². The molecular weight excluding hydrogens is 322 g/mol. The Morgan fingerprint density at radius 3 is 2.58 bits per heavy atom. The highest BCUT2D eigenvalue weighted by molar-refractivity contribution is 9.10. The Morgan fingerprint density at radius 1 is 1.32 bits per heavy atom. The summed E-state index contributed by atoms with van der Waals surface area (Å²) in [4.78, 5) is 0.949. The molecule has 0 saturated heterocycles. The Labute approximate surface area is 127 Å². The number of halogens is 1. The molecule has 19 heavy (non-hydrogen) atoms. The van der Waals surface area contributed by atoms with Gasteiger partial charge in [0.15, 0.2) is 0 Å². The molecule has 4 atom stereocenters. The minimum atomic E-state index is -0.914. The van der Waals surface area contributed by atoms with Crippen LogP contribution in [0.3, 0.4) is 0 Å². The van der Waals surface area contributed by atoms with Gasteiger partial charge in [0.05, 0.1) is 16.0 Å². The molecule has 1 aliphatic carbocycles. The van der Waals surface area contributed by atoms with E-state index < -0.39 is 10.8 Å². The molecule has 0 amide bonds. The first kappa shape index (κ1) is 15.2. The van der Waals surface area contributed by atoms with Crippen LogP contribution < -0.4 is 5.32 Å². The number of nitrogens with one attached hydrogen (secondary N) is 1. The average molecular weight is 344 g/mol. The molecule has 0 heterocycles. The first-order chi connectivity index (χ1) is 9.15. The molecule has 1 aromatic carbocycles. The summed E-state index contributed by atoms with van der Waals surface area (Å²) in [6, 6.07) is 8.28. The zero-order valence-electron chi connectivity index (χ0n) is 11.6. The van der Waals surface area contributed by atoms with E-state index in [0.29, 0.717) is 6.04 Å². The largest absolute Gasteiger partial charge is 0.316 e. The van der Waals surface area contributed by atoms with E-state index in [1.54, 1.807) is 0 Å². The maximum atomic E-state index is 12.8. The molecule has 2 rings (SSSR count). The second kappa shape index (κ2) is 7.00. The maximum absolute atomic E-state index is 12.8. The van der Waals surface area contributed by atoms with Crippen molar-refractivity contribution in [2.24, 2.45) is 5.92 Å². The first-order valence-corrected chi connectivity index (χ1v) is 8.99. The van der Waals surface area contributed by atoms with Crippen LogP contribution in [0.15, 0.2) is 33.6 Å². The molecule has 0 radical (unpaired) electrons. The van der Waals surface area contributed by atoms with Crippen molar-refractivity contribution in [3.8, 4) is 0 Å². The smallest absolute Gasteiger partial charge is 0.0576 e. The van der Waals surface area contributed by atoms with Gasteiger partial charge in [-0.05, 0) is 56.5 Å². The highest BCUT2D eigenvalue weighted by atomic mass is 79.9. The molecular formula is C15H22BrNOS. The Kier molecular flexibility index (Phi) is 5.60. The van der Waals surface area contributed by atoms with Gasteiger partial charge in [0.25, 0.3) is 0 Å². The van der Waals surface area contributed by atoms with Crippen molar-refractivity contribution in [3.05, 3.63) is 28.7 Å². The summed E-state index contributed by atoms with van der Waals surface area (Å²) in [7, 11) is 1.08. The third-order valence-electron chi connectivity index (χ3n) is 4.17. The van der Waals surface area contributed by atoms with E-state index in [1.165, 1.54) is 12.8 Å². The third-order valence-corrected chi connectivity index (χ3v) is 6.51. The van der Waals surface area contributed by atoms with Crippen molar-refractivity contribution < 1.29 is 4.21 Å². The number of benzene rings is 1. The molecule has 106 valence electrons. The van der Waals surface area contributed by atoms with Crippen molar-refractivity contribution in [1.29, 1.82) is 0 Å².